The highest BCUT2D eigenvalue weighted by Gasteiger charge is 2.39. The summed E-state index contributed by atoms with van der Waals surface area (Å²) in [6.45, 7) is 0.498. The molecule has 104 valence electrons. The molecule has 0 radical (unpaired) electrons. The van der Waals surface area contributed by atoms with E-state index in [0.29, 0.717) is 13.0 Å². The van der Waals surface area contributed by atoms with Gasteiger partial charge in [0.2, 0.25) is 5.91 Å². The van der Waals surface area contributed by atoms with Crippen LogP contribution < -0.4 is 0 Å². The first-order chi connectivity index (χ1) is 10.3. The van der Waals surface area contributed by atoms with Crippen LogP contribution in [0.2, 0.25) is 0 Å². The Morgan fingerprint density at radius 3 is 2.90 bits per heavy atom. The summed E-state index contributed by atoms with van der Waals surface area (Å²) < 4.78 is 0. The van der Waals surface area contributed by atoms with Gasteiger partial charge in [-0.2, -0.15) is 0 Å². The molecule has 4 nitrogen and oxygen atoms in total. The van der Waals surface area contributed by atoms with Gasteiger partial charge in [0.25, 0.3) is 0 Å². The van der Waals surface area contributed by atoms with Crippen LogP contribution in [-0.2, 0) is 11.3 Å². The number of thioether (sulfide) groups is 1. The van der Waals surface area contributed by atoms with E-state index in [2.05, 4.69) is 11.1 Å². The number of aliphatic imine (C=N–C) groups is 1. The van der Waals surface area contributed by atoms with Crippen LogP contribution in [-0.4, -0.2) is 26.9 Å². The number of rotatable bonds is 2. The number of hydrogen-bond acceptors (Lipinski definition) is 4. The summed E-state index contributed by atoms with van der Waals surface area (Å²) in [6.07, 6.45) is 2.27. The van der Waals surface area contributed by atoms with Crippen LogP contribution in [0.25, 0.3) is 0 Å². The first kappa shape index (κ1) is 12.6. The Kier molecular flexibility index (Phi) is 3.00. The fourth-order valence-corrected chi connectivity index (χ4v) is 3.85. The van der Waals surface area contributed by atoms with Crippen LogP contribution in [0, 0.1) is 0 Å². The number of carbonyl (C=O) groups is 1. The highest BCUT2D eigenvalue weighted by atomic mass is 32.2. The number of nitrogens with zero attached hydrogens (tertiary/aromatic N) is 3. The molecular weight excluding hydrogens is 282 g/mol. The molecule has 0 N–H and O–H groups in total. The summed E-state index contributed by atoms with van der Waals surface area (Å²) in [7, 11) is 0. The van der Waals surface area contributed by atoms with Gasteiger partial charge >= 0.3 is 0 Å². The molecule has 1 unspecified atom stereocenters. The molecule has 3 heterocycles. The molecule has 0 bridgehead atoms. The number of pyridine rings is 1. The summed E-state index contributed by atoms with van der Waals surface area (Å²) in [5.41, 5.74) is 1.84. The van der Waals surface area contributed by atoms with Crippen molar-refractivity contribution in [2.24, 2.45) is 4.99 Å². The minimum atomic E-state index is 0.129. The third kappa shape index (κ3) is 2.23. The molecule has 1 saturated heterocycles. The number of amides is 1. The molecule has 2 aromatic rings. The van der Waals surface area contributed by atoms with E-state index in [1.807, 2.05) is 36.4 Å². The van der Waals surface area contributed by atoms with Crippen LogP contribution in [0.1, 0.15) is 12.1 Å². The van der Waals surface area contributed by atoms with Crippen molar-refractivity contribution in [1.82, 2.24) is 9.88 Å². The van der Waals surface area contributed by atoms with Gasteiger partial charge in [0.15, 0.2) is 0 Å². The van der Waals surface area contributed by atoms with Gasteiger partial charge in [0, 0.05) is 17.5 Å². The lowest BCUT2D eigenvalue weighted by Crippen LogP contribution is -2.32. The minimum Gasteiger partial charge on any atom is -0.293 e. The van der Waals surface area contributed by atoms with Crippen molar-refractivity contribution in [3.05, 3.63) is 54.4 Å². The molecule has 1 aromatic heterocycles. The molecule has 2 aliphatic rings. The maximum atomic E-state index is 12.3. The summed E-state index contributed by atoms with van der Waals surface area (Å²) in [6, 6.07) is 13.8. The van der Waals surface area contributed by atoms with E-state index in [4.69, 9.17) is 4.99 Å². The lowest BCUT2D eigenvalue weighted by Gasteiger charge is -2.22. The maximum absolute atomic E-state index is 12.3. The van der Waals surface area contributed by atoms with Crippen molar-refractivity contribution in [3.63, 3.8) is 0 Å². The van der Waals surface area contributed by atoms with Crippen molar-refractivity contribution in [3.8, 4) is 0 Å². The summed E-state index contributed by atoms with van der Waals surface area (Å²) in [4.78, 5) is 24.2. The Morgan fingerprint density at radius 2 is 2.05 bits per heavy atom. The van der Waals surface area contributed by atoms with Crippen molar-refractivity contribution in [1.29, 1.82) is 0 Å². The molecule has 0 aliphatic carbocycles. The van der Waals surface area contributed by atoms with E-state index < -0.39 is 0 Å². The van der Waals surface area contributed by atoms with Crippen LogP contribution in [0.5, 0.6) is 0 Å². The number of hydrogen-bond donors (Lipinski definition) is 0. The average Bonchev–Trinajstić information content (AvgIpc) is 2.81. The van der Waals surface area contributed by atoms with Crippen LogP contribution in [0.15, 0.2) is 58.5 Å². The molecule has 2 aliphatic heterocycles. The Morgan fingerprint density at radius 1 is 1.19 bits per heavy atom. The zero-order valence-electron chi connectivity index (χ0n) is 11.3. The Hall–Kier alpha value is -2.14. The lowest BCUT2D eigenvalue weighted by atomic mass is 10.3. The SMILES string of the molecule is O=C1CC2Sc3ccccc3N=C2N1Cc1ccccn1. The monoisotopic (exact) mass is 295 g/mol. The second kappa shape index (κ2) is 5.00. The van der Waals surface area contributed by atoms with Crippen LogP contribution in [0.4, 0.5) is 5.69 Å². The Labute approximate surface area is 126 Å². The second-order valence-corrected chi connectivity index (χ2v) is 6.29. The van der Waals surface area contributed by atoms with E-state index in [9.17, 15) is 4.79 Å². The number of carbonyl (C=O) groups excluding carboxylic acids is 1. The summed E-state index contributed by atoms with van der Waals surface area (Å²) in [5.74, 6) is 0.999. The normalized spacial score (nSPS) is 20.0. The van der Waals surface area contributed by atoms with Crippen LogP contribution in [0.3, 0.4) is 0 Å². The highest BCUT2D eigenvalue weighted by molar-refractivity contribution is 8.01. The zero-order valence-corrected chi connectivity index (χ0v) is 12.1. The third-order valence-electron chi connectivity index (χ3n) is 3.64. The van der Waals surface area contributed by atoms with E-state index in [1.165, 1.54) is 0 Å². The fraction of sp³-hybridized carbons (Fsp3) is 0.188. The fourth-order valence-electron chi connectivity index (χ4n) is 2.64. The third-order valence-corrected chi connectivity index (χ3v) is 4.90. The Bertz CT molecular complexity index is 729. The van der Waals surface area contributed by atoms with Gasteiger partial charge < -0.3 is 0 Å². The maximum Gasteiger partial charge on any atom is 0.229 e. The van der Waals surface area contributed by atoms with Gasteiger partial charge in [0.1, 0.15) is 5.84 Å². The van der Waals surface area contributed by atoms with Gasteiger partial charge in [-0.15, -0.1) is 11.8 Å². The lowest BCUT2D eigenvalue weighted by molar-refractivity contribution is -0.126. The minimum absolute atomic E-state index is 0.129. The molecular formula is C16H13N3OS. The predicted octanol–water partition coefficient (Wildman–Crippen LogP) is 3.02. The number of aromatic nitrogens is 1. The quantitative estimate of drug-likeness (QED) is 0.855. The predicted molar refractivity (Wildman–Crippen MR) is 82.6 cm³/mol. The first-order valence-electron chi connectivity index (χ1n) is 6.86. The van der Waals surface area contributed by atoms with E-state index in [-0.39, 0.29) is 11.2 Å². The summed E-state index contributed by atoms with van der Waals surface area (Å²) >= 11 is 1.73. The van der Waals surface area contributed by atoms with E-state index in [0.717, 1.165) is 22.1 Å². The van der Waals surface area contributed by atoms with Gasteiger partial charge in [-0.3, -0.25) is 14.7 Å². The van der Waals surface area contributed by atoms with Crippen molar-refractivity contribution < 1.29 is 4.79 Å². The molecule has 1 atom stereocenters. The number of amidine groups is 1. The summed E-state index contributed by atoms with van der Waals surface area (Å²) in [5, 5.41) is 0.135. The number of benzene rings is 1. The zero-order chi connectivity index (χ0) is 14.2. The molecule has 1 amide bonds. The molecule has 1 aromatic carbocycles. The molecule has 1 fully saturated rings. The average molecular weight is 295 g/mol. The van der Waals surface area contributed by atoms with Gasteiger partial charge in [-0.05, 0) is 24.3 Å². The Balaban J connectivity index is 1.69. The van der Waals surface area contributed by atoms with Crippen molar-refractivity contribution in [2.75, 3.05) is 0 Å². The largest absolute Gasteiger partial charge is 0.293 e. The molecule has 21 heavy (non-hydrogen) atoms. The van der Waals surface area contributed by atoms with Gasteiger partial charge in [-0.1, -0.05) is 18.2 Å². The molecule has 0 spiro atoms. The molecule has 0 saturated carbocycles. The smallest absolute Gasteiger partial charge is 0.229 e. The van der Waals surface area contributed by atoms with Crippen LogP contribution >= 0.6 is 11.8 Å². The molecule has 5 heteroatoms. The number of para-hydroxylation sites is 1. The topological polar surface area (TPSA) is 45.6 Å². The van der Waals surface area contributed by atoms with Gasteiger partial charge in [-0.25, -0.2) is 4.99 Å². The van der Waals surface area contributed by atoms with Gasteiger partial charge in [0.05, 0.1) is 23.2 Å². The van der Waals surface area contributed by atoms with Crippen molar-refractivity contribution in [2.45, 2.75) is 23.1 Å². The number of fused-ring (bicyclic) bond motifs is 2. The standard InChI is InChI=1S/C16H13N3OS/c20-15-9-14-16(18-12-6-1-2-7-13(12)21-14)19(15)10-11-5-3-4-8-17-11/h1-8,14H,9-10H2. The van der Waals surface area contributed by atoms with Crippen molar-refractivity contribution >= 4 is 29.2 Å². The van der Waals surface area contributed by atoms with E-state index in [1.54, 1.807) is 22.9 Å². The first-order valence-corrected chi connectivity index (χ1v) is 7.74. The number of likely N-dealkylation sites (tertiary alicyclic amines) is 1. The molecule has 4 rings (SSSR count). The second-order valence-electron chi connectivity index (χ2n) is 5.05. The van der Waals surface area contributed by atoms with E-state index >= 15 is 0 Å². The highest BCUT2D eigenvalue weighted by Crippen LogP contribution is 2.42.